The lowest BCUT2D eigenvalue weighted by molar-refractivity contribution is -0.141. The highest BCUT2D eigenvalue weighted by molar-refractivity contribution is 5.92. The smallest absolute Gasteiger partial charge is 0.310 e. The molecule has 0 bridgehead atoms. The lowest BCUT2D eigenvalue weighted by Gasteiger charge is -2.40. The number of likely N-dealkylation sites (N-methyl/N-ethyl adjacent to an activating group) is 1. The molecule has 2 heterocycles. The first-order chi connectivity index (χ1) is 20.3. The van der Waals surface area contributed by atoms with Gasteiger partial charge in [-0.3, -0.25) is 9.59 Å². The number of amides is 1. The normalized spacial score (nSPS) is 21.3. The molecule has 3 aromatic rings. The molecule has 3 N–H and O–H groups in total. The molecular formula is C31H34ClN3O8. The van der Waals surface area contributed by atoms with Gasteiger partial charge in [0, 0.05) is 23.2 Å². The predicted octanol–water partition coefficient (Wildman–Crippen LogP) is 4.15. The maximum atomic E-state index is 13.4. The van der Waals surface area contributed by atoms with Crippen molar-refractivity contribution in [2.75, 3.05) is 58.9 Å². The van der Waals surface area contributed by atoms with E-state index in [4.69, 9.17) is 23.7 Å². The summed E-state index contributed by atoms with van der Waals surface area (Å²) in [5.74, 6) is 0.0172. The van der Waals surface area contributed by atoms with Crippen LogP contribution in [0.5, 0.6) is 28.7 Å². The highest BCUT2D eigenvalue weighted by atomic mass is 35.5. The van der Waals surface area contributed by atoms with E-state index in [9.17, 15) is 14.7 Å². The van der Waals surface area contributed by atoms with Gasteiger partial charge in [-0.25, -0.2) is 0 Å². The van der Waals surface area contributed by atoms with Crippen molar-refractivity contribution in [2.24, 2.45) is 11.8 Å². The Kier molecular flexibility index (Phi) is 8.48. The fourth-order valence-corrected chi connectivity index (χ4v) is 6.16. The standard InChI is InChI=1S/C31H33N3O8.ClH/c1-34(2)13-26(35)32-17-5-7-18(8-6-17)33-29-20-12-23-22(41-15-42-23)11-19(20)27(28-21(29)14-40-31(28)37)16-9-24(38-3)30(36)25(10-16)39-4;/h5-12,21,27-29,33,36H,13-15H2,1-4H3,(H,32,35);1H/t21-,27+,28-,29+;/m0./s1. The van der Waals surface area contributed by atoms with Crippen LogP contribution >= 0.6 is 12.4 Å². The lowest BCUT2D eigenvalue weighted by Crippen LogP contribution is -2.37. The number of phenols is 1. The number of nitrogens with zero attached hydrogens (tertiary/aromatic N) is 1. The second-order valence-electron chi connectivity index (χ2n) is 10.9. The van der Waals surface area contributed by atoms with Crippen LogP contribution in [0.15, 0.2) is 48.5 Å². The maximum Gasteiger partial charge on any atom is 0.310 e. The van der Waals surface area contributed by atoms with Gasteiger partial charge >= 0.3 is 5.97 Å². The number of fused-ring (bicyclic) bond motifs is 3. The summed E-state index contributed by atoms with van der Waals surface area (Å²) in [6.07, 6.45) is 0. The summed E-state index contributed by atoms with van der Waals surface area (Å²) < 4.78 is 28.0. The van der Waals surface area contributed by atoms with Gasteiger partial charge in [0.15, 0.2) is 23.0 Å². The van der Waals surface area contributed by atoms with Crippen molar-refractivity contribution in [1.82, 2.24) is 4.90 Å². The second-order valence-corrected chi connectivity index (χ2v) is 10.9. The molecule has 0 radical (unpaired) electrons. The van der Waals surface area contributed by atoms with E-state index in [0.29, 0.717) is 17.2 Å². The molecule has 0 aromatic heterocycles. The zero-order chi connectivity index (χ0) is 29.5. The number of phenolic OH excluding ortho intramolecular Hbond substituents is 1. The number of halogens is 1. The third-order valence-electron chi connectivity index (χ3n) is 8.00. The van der Waals surface area contributed by atoms with Gasteiger partial charge in [-0.05, 0) is 79.3 Å². The van der Waals surface area contributed by atoms with E-state index in [-0.39, 0.29) is 73.4 Å². The van der Waals surface area contributed by atoms with E-state index in [0.717, 1.165) is 22.4 Å². The number of anilines is 2. The molecule has 1 amide bonds. The Hall–Kier alpha value is -4.35. The molecule has 4 atom stereocenters. The molecule has 43 heavy (non-hydrogen) atoms. The molecule has 1 aliphatic carbocycles. The molecule has 12 heteroatoms. The predicted molar refractivity (Wildman–Crippen MR) is 161 cm³/mol. The number of esters is 1. The van der Waals surface area contributed by atoms with Gasteiger partial charge in [-0.1, -0.05) is 0 Å². The summed E-state index contributed by atoms with van der Waals surface area (Å²) in [4.78, 5) is 27.4. The van der Waals surface area contributed by atoms with E-state index < -0.39 is 11.8 Å². The molecule has 0 saturated carbocycles. The number of cyclic esters (lactones) is 1. The molecule has 0 unspecified atom stereocenters. The number of carbonyl (C=O) groups is 2. The summed E-state index contributed by atoms with van der Waals surface area (Å²) in [5, 5.41) is 17.1. The molecule has 3 aliphatic rings. The van der Waals surface area contributed by atoms with Crippen LogP contribution < -0.4 is 29.6 Å². The lowest BCUT2D eigenvalue weighted by atomic mass is 9.65. The van der Waals surface area contributed by atoms with E-state index >= 15 is 0 Å². The summed E-state index contributed by atoms with van der Waals surface area (Å²) in [5.41, 5.74) is 4.07. The zero-order valence-corrected chi connectivity index (χ0v) is 25.0. The van der Waals surface area contributed by atoms with E-state index in [1.165, 1.54) is 14.2 Å². The van der Waals surface area contributed by atoms with Crippen molar-refractivity contribution in [3.05, 3.63) is 65.2 Å². The Bertz CT molecular complexity index is 1510. The van der Waals surface area contributed by atoms with Gasteiger partial charge in [0.1, 0.15) is 0 Å². The average Bonchev–Trinajstić information content (AvgIpc) is 3.59. The molecule has 2 aliphatic heterocycles. The van der Waals surface area contributed by atoms with Crippen LogP contribution in [0.1, 0.15) is 28.7 Å². The highest BCUT2D eigenvalue weighted by Crippen LogP contribution is 2.56. The minimum absolute atomic E-state index is 0. The maximum absolute atomic E-state index is 13.4. The number of hydrogen-bond donors (Lipinski definition) is 3. The molecule has 6 rings (SSSR count). The van der Waals surface area contributed by atoms with Gasteiger partial charge in [-0.2, -0.15) is 0 Å². The van der Waals surface area contributed by atoms with Crippen LogP contribution in [0.3, 0.4) is 0 Å². The Morgan fingerprint density at radius 1 is 0.953 bits per heavy atom. The first-order valence-corrected chi connectivity index (χ1v) is 13.6. The van der Waals surface area contributed by atoms with Crippen LogP contribution in [0.25, 0.3) is 0 Å². The van der Waals surface area contributed by atoms with Crippen LogP contribution in [-0.2, 0) is 14.3 Å². The van der Waals surface area contributed by atoms with Crippen LogP contribution in [0, 0.1) is 11.8 Å². The van der Waals surface area contributed by atoms with Gasteiger partial charge < -0.3 is 44.3 Å². The summed E-state index contributed by atoms with van der Waals surface area (Å²) >= 11 is 0. The number of carbonyl (C=O) groups excluding carboxylic acids is 2. The van der Waals surface area contributed by atoms with Crippen LogP contribution in [-0.4, -0.2) is 70.1 Å². The number of ether oxygens (including phenoxy) is 5. The Labute approximate surface area is 255 Å². The monoisotopic (exact) mass is 611 g/mol. The molecule has 1 fully saturated rings. The Morgan fingerprint density at radius 3 is 2.16 bits per heavy atom. The van der Waals surface area contributed by atoms with Crippen molar-refractivity contribution < 1.29 is 38.4 Å². The van der Waals surface area contributed by atoms with Gasteiger partial charge in [0.2, 0.25) is 18.4 Å². The third-order valence-corrected chi connectivity index (χ3v) is 8.00. The van der Waals surface area contributed by atoms with Gasteiger partial charge in [0.05, 0.1) is 39.3 Å². The summed E-state index contributed by atoms with van der Waals surface area (Å²) in [6, 6.07) is 14.5. The molecule has 1 saturated heterocycles. The van der Waals surface area contributed by atoms with Crippen molar-refractivity contribution in [3.8, 4) is 28.7 Å². The van der Waals surface area contributed by atoms with Gasteiger partial charge in [0.25, 0.3) is 0 Å². The Morgan fingerprint density at radius 2 is 1.56 bits per heavy atom. The number of methoxy groups -OCH3 is 2. The number of hydrogen-bond acceptors (Lipinski definition) is 10. The minimum atomic E-state index is -0.529. The molecule has 11 nitrogen and oxygen atoms in total. The van der Waals surface area contributed by atoms with E-state index in [2.05, 4.69) is 10.6 Å². The second kappa shape index (κ2) is 12.1. The molecule has 0 spiro atoms. The Balaban J connectivity index is 0.00000368. The number of rotatable bonds is 8. The quantitative estimate of drug-likeness (QED) is 0.320. The van der Waals surface area contributed by atoms with Crippen LogP contribution in [0.2, 0.25) is 0 Å². The van der Waals surface area contributed by atoms with E-state index in [1.54, 1.807) is 17.0 Å². The first kappa shape index (κ1) is 30.1. The SMILES string of the molecule is COc1cc([C@@H]2c3cc4c(cc3[C@@H](Nc3ccc(NC(=O)CN(C)C)cc3)[C@H]3COC(=O)[C@H]23)OCO4)cc(OC)c1O.Cl. The highest BCUT2D eigenvalue weighted by Gasteiger charge is 2.52. The summed E-state index contributed by atoms with van der Waals surface area (Å²) in [6.45, 7) is 0.625. The average molecular weight is 612 g/mol. The van der Waals surface area contributed by atoms with E-state index in [1.807, 2.05) is 50.5 Å². The first-order valence-electron chi connectivity index (χ1n) is 13.6. The number of nitrogens with one attached hydrogen (secondary N) is 2. The molecule has 3 aromatic carbocycles. The fraction of sp³-hybridized carbons (Fsp3) is 0.355. The van der Waals surface area contributed by atoms with Crippen molar-refractivity contribution in [2.45, 2.75) is 12.0 Å². The number of benzene rings is 3. The van der Waals surface area contributed by atoms with Gasteiger partial charge in [-0.15, -0.1) is 12.4 Å². The largest absolute Gasteiger partial charge is 0.502 e. The third kappa shape index (κ3) is 5.57. The van der Waals surface area contributed by atoms with Crippen molar-refractivity contribution in [3.63, 3.8) is 0 Å². The topological polar surface area (TPSA) is 128 Å². The summed E-state index contributed by atoms with van der Waals surface area (Å²) in [7, 11) is 6.61. The van der Waals surface area contributed by atoms with Crippen LogP contribution in [0.4, 0.5) is 11.4 Å². The minimum Gasteiger partial charge on any atom is -0.502 e. The molecular weight excluding hydrogens is 578 g/mol. The van der Waals surface area contributed by atoms with Crippen molar-refractivity contribution >= 4 is 35.7 Å². The zero-order valence-electron chi connectivity index (χ0n) is 24.2. The number of aromatic hydroxyl groups is 1. The molecule has 228 valence electrons. The van der Waals surface area contributed by atoms with Crippen molar-refractivity contribution in [1.29, 1.82) is 0 Å². The fourth-order valence-electron chi connectivity index (χ4n) is 6.16.